The van der Waals surface area contributed by atoms with E-state index in [2.05, 4.69) is 190 Å². The maximum atomic E-state index is 7.02. The number of fused-ring (bicyclic) bond motifs is 5. The van der Waals surface area contributed by atoms with Crippen LogP contribution in [-0.4, -0.2) is 3.51 Å². The van der Waals surface area contributed by atoms with E-state index >= 15 is 0 Å². The van der Waals surface area contributed by atoms with Crippen LogP contribution in [0.1, 0.15) is 41.7 Å². The Hall–Kier alpha value is -3.86. The molecule has 8 aromatic rings. The second-order valence-electron chi connectivity index (χ2n) is 13.6. The summed E-state index contributed by atoms with van der Waals surface area (Å²) >= 11 is -4.33. The Balaban J connectivity index is 1.34. The van der Waals surface area contributed by atoms with Crippen molar-refractivity contribution in [3.8, 4) is 0 Å². The molecule has 3 heterocycles. The van der Waals surface area contributed by atoms with E-state index in [1.54, 1.807) is 17.8 Å². The van der Waals surface area contributed by atoms with Gasteiger partial charge < -0.3 is 0 Å². The number of halogens is 3. The summed E-state index contributed by atoms with van der Waals surface area (Å²) in [5.74, 6) is 0. The standard InChI is InChI=1S/C48H35I3O/c1-48(2)39-25-13-15-27-41(39)50(42-28-16-14-26-40(42)48)35-30-37-36-24-12-17-29-43(36)52-47(37)38(31-35)44-45(32-18-6-3-7-19-32)49-51(34-22-10-5-11-23-34)46(44)33-20-8-4-9-21-33/h3-31H,1-2H3. The van der Waals surface area contributed by atoms with E-state index in [-0.39, 0.29) is 22.2 Å². The summed E-state index contributed by atoms with van der Waals surface area (Å²) in [6, 6.07) is 66.4. The molecule has 0 unspecified atom stereocenters. The maximum absolute atomic E-state index is 7.02. The fourth-order valence-corrected chi connectivity index (χ4v) is 34.6. The third-order valence-corrected chi connectivity index (χ3v) is 33.5. The van der Waals surface area contributed by atoms with E-state index in [1.807, 2.05) is 0 Å². The van der Waals surface area contributed by atoms with Crippen molar-refractivity contribution in [1.29, 1.82) is 0 Å². The summed E-state index contributed by atoms with van der Waals surface area (Å²) in [6.45, 7) is 4.82. The quantitative estimate of drug-likeness (QED) is 0.157. The Morgan fingerprint density at radius 2 is 1.08 bits per heavy atom. The van der Waals surface area contributed by atoms with Crippen molar-refractivity contribution in [3.05, 3.63) is 218 Å². The van der Waals surface area contributed by atoms with Gasteiger partial charge in [-0.1, -0.05) is 0 Å². The summed E-state index contributed by atoms with van der Waals surface area (Å²) in [5, 5.41) is 2.43. The van der Waals surface area contributed by atoms with Crippen LogP contribution in [0.4, 0.5) is 0 Å². The fraction of sp³-hybridized carbons (Fsp3) is 0.0625. The summed E-state index contributed by atoms with van der Waals surface area (Å²) in [7, 11) is 0. The van der Waals surface area contributed by atoms with Gasteiger partial charge in [0.2, 0.25) is 0 Å². The molecule has 0 radical (unpaired) electrons. The van der Waals surface area contributed by atoms with Gasteiger partial charge in [0.25, 0.3) is 0 Å². The molecule has 0 bridgehead atoms. The Labute approximate surface area is 325 Å². The van der Waals surface area contributed by atoms with Crippen LogP contribution in [0.15, 0.2) is 180 Å². The van der Waals surface area contributed by atoms with Crippen LogP contribution in [0, 0.1) is 14.3 Å². The predicted molar refractivity (Wildman–Crippen MR) is 246 cm³/mol. The van der Waals surface area contributed by atoms with Crippen LogP contribution in [0.5, 0.6) is 0 Å². The van der Waals surface area contributed by atoms with Gasteiger partial charge in [-0.3, -0.25) is 0 Å². The van der Waals surface area contributed by atoms with Crippen molar-refractivity contribution < 1.29 is 4.42 Å². The minimum atomic E-state index is -2.17. The van der Waals surface area contributed by atoms with Gasteiger partial charge >= 0.3 is 329 Å². The van der Waals surface area contributed by atoms with Crippen molar-refractivity contribution >= 4 is 87.0 Å². The Morgan fingerprint density at radius 1 is 0.519 bits per heavy atom. The molecule has 254 valence electrons. The molecule has 0 atom stereocenters. The minimum absolute atomic E-state index is 0.0567. The van der Waals surface area contributed by atoms with Gasteiger partial charge in [-0.25, -0.2) is 0 Å². The molecule has 0 saturated carbocycles. The molecule has 7 aromatic carbocycles. The number of furan rings is 1. The van der Waals surface area contributed by atoms with Crippen molar-refractivity contribution in [2.24, 2.45) is 0 Å². The molecular formula is C48H35I3O. The second-order valence-corrected chi connectivity index (χ2v) is 32.2. The molecule has 0 spiro atoms. The molecular weight excluding hydrogens is 973 g/mol. The van der Waals surface area contributed by atoms with Gasteiger partial charge in [0.05, 0.1) is 0 Å². The first-order chi connectivity index (χ1) is 25.6. The summed E-state index contributed by atoms with van der Waals surface area (Å²) in [4.78, 5) is 0. The molecule has 0 amide bonds. The molecule has 10 rings (SSSR count). The summed E-state index contributed by atoms with van der Waals surface area (Å²) in [5.41, 5.74) is 10.3. The molecule has 2 aliphatic heterocycles. The van der Waals surface area contributed by atoms with Gasteiger partial charge in [0.15, 0.2) is 0 Å². The van der Waals surface area contributed by atoms with Gasteiger partial charge in [-0.05, 0) is 0 Å². The van der Waals surface area contributed by atoms with Gasteiger partial charge in [-0.2, -0.15) is 0 Å². The van der Waals surface area contributed by atoms with Crippen molar-refractivity contribution in [3.63, 3.8) is 0 Å². The van der Waals surface area contributed by atoms with E-state index in [1.165, 1.54) is 47.7 Å². The van der Waals surface area contributed by atoms with Crippen LogP contribution >= 0.6 is 52.4 Å². The molecule has 1 nitrogen and oxygen atoms in total. The molecule has 2 aliphatic rings. The zero-order valence-corrected chi connectivity index (χ0v) is 35.3. The van der Waals surface area contributed by atoms with E-state index in [4.69, 9.17) is 4.42 Å². The molecule has 4 heteroatoms. The molecule has 0 aliphatic carbocycles. The third kappa shape index (κ3) is 5.30. The number of allylic oxidation sites excluding steroid dienone is 1. The summed E-state index contributed by atoms with van der Waals surface area (Å²) < 4.78 is 16.3. The molecule has 1 aromatic heterocycles. The first-order valence-corrected chi connectivity index (χ1v) is 30.3. The first kappa shape index (κ1) is 32.8. The van der Waals surface area contributed by atoms with Gasteiger partial charge in [-0.15, -0.1) is 0 Å². The van der Waals surface area contributed by atoms with Crippen molar-refractivity contribution in [1.82, 2.24) is 0 Å². The van der Waals surface area contributed by atoms with Crippen LogP contribution in [0.3, 0.4) is 0 Å². The van der Waals surface area contributed by atoms with Gasteiger partial charge in [0, 0.05) is 0 Å². The fourth-order valence-electron chi connectivity index (χ4n) is 7.67. The third-order valence-electron chi connectivity index (χ3n) is 10.2. The topological polar surface area (TPSA) is 13.1 Å². The predicted octanol–water partition coefficient (Wildman–Crippen LogP) is 14.0. The monoisotopic (exact) mass is 1010 g/mol. The number of hydrogen-bond acceptors (Lipinski definition) is 1. The number of rotatable bonds is 5. The number of para-hydroxylation sites is 1. The average molecular weight is 1010 g/mol. The van der Waals surface area contributed by atoms with E-state index in [0.29, 0.717) is 0 Å². The van der Waals surface area contributed by atoms with Crippen LogP contribution in [0.25, 0.3) is 31.1 Å². The Morgan fingerprint density at radius 3 is 1.75 bits per heavy atom. The van der Waals surface area contributed by atoms with Crippen molar-refractivity contribution in [2.75, 3.05) is 0 Å². The van der Waals surface area contributed by atoms with Crippen molar-refractivity contribution in [2.45, 2.75) is 19.3 Å². The van der Waals surface area contributed by atoms with E-state index in [9.17, 15) is 0 Å². The number of benzene rings is 7. The average Bonchev–Trinajstić information content (AvgIpc) is 3.79. The molecule has 0 fully saturated rings. The van der Waals surface area contributed by atoms with Crippen LogP contribution < -0.4 is 0 Å². The zero-order valence-electron chi connectivity index (χ0n) is 28.8. The number of hydrogen-bond donors (Lipinski definition) is 0. The summed E-state index contributed by atoms with van der Waals surface area (Å²) in [6.07, 6.45) is 0. The normalized spacial score (nSPS) is 16.4. The van der Waals surface area contributed by atoms with Crippen LogP contribution in [0.2, 0.25) is 0 Å². The first-order valence-electron chi connectivity index (χ1n) is 17.6. The molecule has 0 saturated heterocycles. The Kier molecular flexibility index (Phi) is 8.33. The van der Waals surface area contributed by atoms with E-state index in [0.717, 1.165) is 11.2 Å². The SMILES string of the molecule is CC1(C)c2ccccc2I(c2cc(C3=C(c4ccccc4)I(c4ccccc4)I=C3c3ccccc3)c3oc4ccccc4c3c2)c2ccccc21. The molecule has 52 heavy (non-hydrogen) atoms. The Bertz CT molecular complexity index is 2660. The van der Waals surface area contributed by atoms with Gasteiger partial charge in [0.1, 0.15) is 0 Å². The second kappa shape index (κ2) is 13.2. The molecule has 0 N–H and O–H groups in total. The zero-order chi connectivity index (χ0) is 34.8. The van der Waals surface area contributed by atoms with E-state index < -0.39 is 35.7 Å². The van der Waals surface area contributed by atoms with Crippen LogP contribution in [-0.2, 0) is 5.41 Å².